The van der Waals surface area contributed by atoms with Gasteiger partial charge in [0.05, 0.1) is 15.7 Å². The van der Waals surface area contributed by atoms with E-state index in [-0.39, 0.29) is 21.9 Å². The fourth-order valence-corrected chi connectivity index (χ4v) is 2.11. The summed E-state index contributed by atoms with van der Waals surface area (Å²) < 4.78 is 0. The van der Waals surface area contributed by atoms with Gasteiger partial charge in [-0.25, -0.2) is 0 Å². The van der Waals surface area contributed by atoms with Gasteiger partial charge in [0.25, 0.3) is 5.97 Å². The Morgan fingerprint density at radius 2 is 1.53 bits per heavy atom. The molecule has 9 heteroatoms. The van der Waals surface area contributed by atoms with Crippen molar-refractivity contribution in [1.82, 2.24) is 4.81 Å². The second-order valence-corrected chi connectivity index (χ2v) is 7.07. The van der Waals surface area contributed by atoms with Crippen molar-refractivity contribution in [2.45, 2.75) is 42.7 Å². The molecule has 0 aliphatic rings. The largest absolute Gasteiger partial charge is 0.482 e. The molecule has 0 bridgehead atoms. The highest BCUT2D eigenvalue weighted by Crippen LogP contribution is 2.43. The summed E-state index contributed by atoms with van der Waals surface area (Å²) in [6, 6.07) is 0. The van der Waals surface area contributed by atoms with Gasteiger partial charge in [0.2, 0.25) is 0 Å². The maximum Gasteiger partial charge on any atom is 0.297 e. The fraction of sp³-hybridized carbons (Fsp3) is 0.875. The first kappa shape index (κ1) is 16.8. The van der Waals surface area contributed by atoms with E-state index in [2.05, 4.69) is 49.3 Å². The van der Waals surface area contributed by atoms with Crippen LogP contribution in [0.15, 0.2) is 0 Å². The zero-order valence-corrected chi connectivity index (χ0v) is 12.9. The summed E-state index contributed by atoms with van der Waals surface area (Å²) in [5.41, 5.74) is 0.0129. The molecule has 0 aromatic rings. The summed E-state index contributed by atoms with van der Waals surface area (Å²) in [7, 11) is 12.2. The second-order valence-electron chi connectivity index (χ2n) is 7.07. The molecule has 0 aromatic carbocycles. The summed E-state index contributed by atoms with van der Waals surface area (Å²) >= 11 is 0. The molecular formula is C8H23B6NO2. The predicted octanol–water partition coefficient (Wildman–Crippen LogP) is -4.56. The van der Waals surface area contributed by atoms with Gasteiger partial charge in [-0.15, -0.1) is 0 Å². The van der Waals surface area contributed by atoms with E-state index in [1.165, 1.54) is 0 Å². The lowest BCUT2D eigenvalue weighted by atomic mass is 9.27. The predicted molar refractivity (Wildman–Crippen MR) is 89.7 cm³/mol. The number of hydrogen-bond acceptors (Lipinski definition) is 2. The number of carbonyl (C=O) groups is 1. The SMILES string of the molecule is BC(C(=O)O)C(B)(B)C(B)(B)N(B)C(C)(C)C. The molecule has 0 fully saturated rings. The van der Waals surface area contributed by atoms with Crippen LogP contribution < -0.4 is 0 Å². The van der Waals surface area contributed by atoms with Crippen molar-refractivity contribution in [2.75, 3.05) is 0 Å². The standard InChI is InChI=1S/C8H23B6NO2/c1-6(2,3)15(14)8(12,13)7(10,11)4(9)5(16)17/h4H,9-14H2,1-3H3,(H,16,17). The molecule has 90 valence electrons. The Morgan fingerprint density at radius 3 is 1.76 bits per heavy atom. The summed E-state index contributed by atoms with van der Waals surface area (Å²) in [5.74, 6) is -1.12. The van der Waals surface area contributed by atoms with Gasteiger partial charge < -0.3 is 9.92 Å². The molecule has 0 radical (unpaired) electrons. The summed E-state index contributed by atoms with van der Waals surface area (Å²) in [6.07, 6.45) is 0. The van der Waals surface area contributed by atoms with Crippen LogP contribution in [0.3, 0.4) is 0 Å². The molecule has 1 N–H and O–H groups in total. The van der Waals surface area contributed by atoms with E-state index in [1.54, 1.807) is 7.85 Å². The van der Waals surface area contributed by atoms with E-state index in [4.69, 9.17) is 0 Å². The Labute approximate surface area is 111 Å². The smallest absolute Gasteiger partial charge is 0.297 e. The Hall–Kier alpha value is -0.180. The minimum absolute atomic E-state index is 0.0129. The molecule has 3 nitrogen and oxygen atoms in total. The first-order valence-electron chi connectivity index (χ1n) is 6.23. The third kappa shape index (κ3) is 3.18. The molecule has 0 aromatic heterocycles. The first-order chi connectivity index (χ1) is 7.26. The molecule has 0 rings (SSSR count). The van der Waals surface area contributed by atoms with Crippen LogP contribution in [0.5, 0.6) is 0 Å². The van der Waals surface area contributed by atoms with Crippen molar-refractivity contribution in [3.8, 4) is 0 Å². The van der Waals surface area contributed by atoms with Gasteiger partial charge in [-0.3, -0.25) is 4.79 Å². The van der Waals surface area contributed by atoms with Gasteiger partial charge in [0.1, 0.15) is 23.5 Å². The van der Waals surface area contributed by atoms with E-state index in [9.17, 15) is 9.90 Å². The summed E-state index contributed by atoms with van der Waals surface area (Å²) in [6.45, 7) is 6.45. The van der Waals surface area contributed by atoms with Gasteiger partial charge >= 0.3 is 0 Å². The van der Waals surface area contributed by atoms with Crippen LogP contribution >= 0.6 is 0 Å². The molecule has 17 heavy (non-hydrogen) atoms. The Bertz CT molecular complexity index is 301. The maximum absolute atomic E-state index is 11.2. The quantitative estimate of drug-likeness (QED) is 0.494. The third-order valence-electron chi connectivity index (χ3n) is 4.87. The number of carboxylic acid groups (broad SMARTS) is 1. The lowest BCUT2D eigenvalue weighted by Crippen LogP contribution is -2.65. The van der Waals surface area contributed by atoms with Gasteiger partial charge in [0, 0.05) is 11.4 Å². The minimum atomic E-state index is -0.731. The Balaban J connectivity index is 5.37. The summed E-state index contributed by atoms with van der Waals surface area (Å²) in [4.78, 5) is 13.5. The highest BCUT2D eigenvalue weighted by atomic mass is 16.4. The minimum Gasteiger partial charge on any atom is -0.482 e. The molecule has 0 heterocycles. The van der Waals surface area contributed by atoms with E-state index in [0.29, 0.717) is 0 Å². The zero-order chi connectivity index (χ0) is 14.2. The molecule has 0 saturated carbocycles. The average Bonchev–Trinajstić information content (AvgIpc) is 2.13. The second kappa shape index (κ2) is 4.83. The van der Waals surface area contributed by atoms with Crippen LogP contribution in [0.25, 0.3) is 0 Å². The molecular weight excluding hydrogens is 207 g/mol. The van der Waals surface area contributed by atoms with E-state index in [0.717, 1.165) is 0 Å². The van der Waals surface area contributed by atoms with Crippen LogP contribution in [-0.4, -0.2) is 74.0 Å². The van der Waals surface area contributed by atoms with Crippen molar-refractivity contribution >= 4 is 53.2 Å². The molecule has 1 unspecified atom stereocenters. The van der Waals surface area contributed by atoms with Crippen molar-refractivity contribution in [2.24, 2.45) is 0 Å². The van der Waals surface area contributed by atoms with Gasteiger partial charge in [-0.05, 0) is 20.8 Å². The van der Waals surface area contributed by atoms with Crippen LogP contribution in [0.4, 0.5) is 0 Å². The fourth-order valence-electron chi connectivity index (χ4n) is 2.11. The van der Waals surface area contributed by atoms with E-state index >= 15 is 0 Å². The lowest BCUT2D eigenvalue weighted by Gasteiger charge is -2.56. The van der Waals surface area contributed by atoms with E-state index in [1.807, 2.05) is 15.7 Å². The van der Waals surface area contributed by atoms with Crippen LogP contribution in [0.1, 0.15) is 20.8 Å². The van der Waals surface area contributed by atoms with Gasteiger partial charge in [-0.2, -0.15) is 0 Å². The van der Waals surface area contributed by atoms with Gasteiger partial charge in [-0.1, -0.05) is 10.6 Å². The Morgan fingerprint density at radius 1 is 1.18 bits per heavy atom. The van der Waals surface area contributed by atoms with E-state index < -0.39 is 5.97 Å². The normalized spacial score (nSPS) is 15.8. The highest BCUT2D eigenvalue weighted by molar-refractivity contribution is 6.58. The van der Waals surface area contributed by atoms with Crippen LogP contribution in [0, 0.1) is 0 Å². The number of rotatable bonds is 4. The van der Waals surface area contributed by atoms with Crippen molar-refractivity contribution in [3.63, 3.8) is 0 Å². The number of hydrogen-bond donors (Lipinski definition) is 1. The molecule has 0 aliphatic carbocycles. The topological polar surface area (TPSA) is 40.5 Å². The molecule has 1 atom stereocenters. The molecule has 0 aliphatic heterocycles. The summed E-state index contributed by atoms with van der Waals surface area (Å²) in [5, 5.41) is 8.72. The average molecular weight is 230 g/mol. The highest BCUT2D eigenvalue weighted by Gasteiger charge is 2.47. The first-order valence-corrected chi connectivity index (χ1v) is 6.23. The zero-order valence-electron chi connectivity index (χ0n) is 12.9. The number of carboxylic acids is 1. The molecule has 0 saturated heterocycles. The monoisotopic (exact) mass is 231 g/mol. The van der Waals surface area contributed by atoms with Crippen LogP contribution in [0.2, 0.25) is 11.0 Å². The van der Waals surface area contributed by atoms with Crippen LogP contribution in [-0.2, 0) is 4.79 Å². The Kier molecular flexibility index (Phi) is 4.78. The third-order valence-corrected chi connectivity index (χ3v) is 4.87. The molecule has 0 amide bonds. The number of aliphatic carboxylic acids is 1. The van der Waals surface area contributed by atoms with Crippen molar-refractivity contribution in [1.29, 1.82) is 0 Å². The molecule has 0 spiro atoms. The lowest BCUT2D eigenvalue weighted by molar-refractivity contribution is -0.137. The van der Waals surface area contributed by atoms with Crippen molar-refractivity contribution < 1.29 is 9.90 Å². The van der Waals surface area contributed by atoms with Crippen molar-refractivity contribution in [3.05, 3.63) is 0 Å². The maximum atomic E-state index is 11.2. The number of nitrogens with zero attached hydrogens (tertiary/aromatic N) is 1. The van der Waals surface area contributed by atoms with Gasteiger partial charge in [0.15, 0.2) is 7.98 Å².